The Balaban J connectivity index is 1.36. The standard InChI is InChI=1S/C27H20N4O5/c32-25(28-29-26(33)24-18(15-16-35-24)17-36-20-11-5-2-6-12-20)23-21-13-7-8-14-22(21)27(34)31(30-23)19-9-3-1-4-10-19/h1-16H,17H2,(H,28,32)(H,29,33). The van der Waals surface area contributed by atoms with Crippen LogP contribution in [-0.2, 0) is 6.61 Å². The quantitative estimate of drug-likeness (QED) is 0.359. The molecule has 0 radical (unpaired) electrons. The summed E-state index contributed by atoms with van der Waals surface area (Å²) in [6.07, 6.45) is 1.37. The summed E-state index contributed by atoms with van der Waals surface area (Å²) < 4.78 is 12.1. The van der Waals surface area contributed by atoms with Crippen molar-refractivity contribution in [1.82, 2.24) is 20.6 Å². The molecule has 0 saturated heterocycles. The first-order valence-electron chi connectivity index (χ1n) is 11.0. The van der Waals surface area contributed by atoms with E-state index in [4.69, 9.17) is 9.15 Å². The number of nitrogens with zero attached hydrogens (tertiary/aromatic N) is 2. The predicted molar refractivity (Wildman–Crippen MR) is 132 cm³/mol. The van der Waals surface area contributed by atoms with Gasteiger partial charge in [-0.05, 0) is 36.4 Å². The van der Waals surface area contributed by atoms with Crippen LogP contribution < -0.4 is 21.1 Å². The summed E-state index contributed by atoms with van der Waals surface area (Å²) in [6.45, 7) is 0.103. The van der Waals surface area contributed by atoms with Crippen molar-refractivity contribution in [2.75, 3.05) is 0 Å². The number of ether oxygens (including phenoxy) is 1. The number of rotatable bonds is 6. The minimum atomic E-state index is -0.696. The second kappa shape index (κ2) is 9.98. The van der Waals surface area contributed by atoms with Gasteiger partial charge < -0.3 is 9.15 Å². The van der Waals surface area contributed by atoms with E-state index in [9.17, 15) is 14.4 Å². The third kappa shape index (κ3) is 4.58. The van der Waals surface area contributed by atoms with E-state index in [1.54, 1.807) is 66.7 Å². The highest BCUT2D eigenvalue weighted by Crippen LogP contribution is 2.17. The van der Waals surface area contributed by atoms with Crippen molar-refractivity contribution in [2.24, 2.45) is 0 Å². The lowest BCUT2D eigenvalue weighted by Crippen LogP contribution is -2.43. The van der Waals surface area contributed by atoms with Crippen molar-refractivity contribution in [3.05, 3.63) is 125 Å². The number of benzene rings is 3. The molecule has 2 heterocycles. The van der Waals surface area contributed by atoms with Gasteiger partial charge in [-0.1, -0.05) is 54.6 Å². The fourth-order valence-electron chi connectivity index (χ4n) is 3.66. The van der Waals surface area contributed by atoms with Crippen molar-refractivity contribution < 1.29 is 18.7 Å². The summed E-state index contributed by atoms with van der Waals surface area (Å²) >= 11 is 0. The molecule has 5 aromatic rings. The van der Waals surface area contributed by atoms with Crippen LogP contribution in [-0.4, -0.2) is 21.6 Å². The molecule has 2 aromatic heterocycles. The zero-order chi connectivity index (χ0) is 24.9. The Labute approximate surface area is 204 Å². The summed E-state index contributed by atoms with van der Waals surface area (Å²) in [5.41, 5.74) is 5.33. The number of aromatic nitrogens is 2. The number of carbonyl (C=O) groups is 2. The minimum absolute atomic E-state index is 0.00157. The Kier molecular flexibility index (Phi) is 6.27. The summed E-state index contributed by atoms with van der Waals surface area (Å²) in [4.78, 5) is 38.8. The molecule has 0 spiro atoms. The Morgan fingerprint density at radius 2 is 1.44 bits per heavy atom. The molecule has 0 aliphatic heterocycles. The normalized spacial score (nSPS) is 10.7. The maximum atomic E-state index is 13.1. The van der Waals surface area contributed by atoms with Gasteiger partial charge in [-0.25, -0.2) is 0 Å². The lowest BCUT2D eigenvalue weighted by molar-refractivity contribution is 0.0826. The Morgan fingerprint density at radius 1 is 0.806 bits per heavy atom. The van der Waals surface area contributed by atoms with Gasteiger partial charge in [0.1, 0.15) is 12.4 Å². The number of carbonyl (C=O) groups excluding carboxylic acids is 2. The zero-order valence-corrected chi connectivity index (χ0v) is 18.9. The summed E-state index contributed by atoms with van der Waals surface area (Å²) in [5.74, 6) is -0.721. The SMILES string of the molecule is O=C(NNC(=O)c1nn(-c2ccccc2)c(=O)c2ccccc12)c1occc1COc1ccccc1. The fraction of sp³-hybridized carbons (Fsp3) is 0.0370. The fourth-order valence-corrected chi connectivity index (χ4v) is 3.66. The Morgan fingerprint density at radius 3 is 2.19 bits per heavy atom. The minimum Gasteiger partial charge on any atom is -0.489 e. The molecule has 2 amide bonds. The number of amides is 2. The van der Waals surface area contributed by atoms with Crippen LogP contribution in [0.25, 0.3) is 16.5 Å². The zero-order valence-electron chi connectivity index (χ0n) is 18.9. The molecule has 9 nitrogen and oxygen atoms in total. The molecule has 2 N–H and O–H groups in total. The maximum absolute atomic E-state index is 13.1. The van der Waals surface area contributed by atoms with Gasteiger partial charge in [0, 0.05) is 10.9 Å². The van der Waals surface area contributed by atoms with E-state index in [2.05, 4.69) is 16.0 Å². The number of furan rings is 1. The van der Waals surface area contributed by atoms with Crippen molar-refractivity contribution >= 4 is 22.6 Å². The summed E-state index contributed by atoms with van der Waals surface area (Å²) in [7, 11) is 0. The van der Waals surface area contributed by atoms with Crippen LogP contribution in [0.5, 0.6) is 5.75 Å². The summed E-state index contributed by atoms with van der Waals surface area (Å²) in [5, 5.41) is 4.97. The molecule has 0 aliphatic rings. The second-order valence-corrected chi connectivity index (χ2v) is 7.73. The molecule has 5 rings (SSSR count). The molecule has 36 heavy (non-hydrogen) atoms. The third-order valence-corrected chi connectivity index (χ3v) is 5.40. The molecule has 0 aliphatic carbocycles. The monoisotopic (exact) mass is 480 g/mol. The average molecular weight is 480 g/mol. The van der Waals surface area contributed by atoms with E-state index >= 15 is 0 Å². The van der Waals surface area contributed by atoms with Crippen molar-refractivity contribution in [2.45, 2.75) is 6.61 Å². The largest absolute Gasteiger partial charge is 0.489 e. The van der Waals surface area contributed by atoms with E-state index in [1.807, 2.05) is 24.3 Å². The van der Waals surface area contributed by atoms with E-state index in [0.717, 1.165) is 4.68 Å². The van der Waals surface area contributed by atoms with Crippen molar-refractivity contribution in [1.29, 1.82) is 0 Å². The molecule has 9 heteroatoms. The van der Waals surface area contributed by atoms with Gasteiger partial charge in [-0.3, -0.25) is 25.2 Å². The highest BCUT2D eigenvalue weighted by Gasteiger charge is 2.20. The number of para-hydroxylation sites is 2. The van der Waals surface area contributed by atoms with Crippen LogP contribution in [0.3, 0.4) is 0 Å². The third-order valence-electron chi connectivity index (χ3n) is 5.40. The number of hydrogen-bond acceptors (Lipinski definition) is 6. The lowest BCUT2D eigenvalue weighted by Gasteiger charge is -2.12. The van der Waals surface area contributed by atoms with E-state index in [-0.39, 0.29) is 23.6 Å². The first-order chi connectivity index (χ1) is 17.6. The van der Waals surface area contributed by atoms with Gasteiger partial charge in [-0.2, -0.15) is 9.78 Å². The first-order valence-corrected chi connectivity index (χ1v) is 11.0. The highest BCUT2D eigenvalue weighted by atomic mass is 16.5. The molecule has 0 atom stereocenters. The van der Waals surface area contributed by atoms with E-state index < -0.39 is 11.8 Å². The first kappa shape index (κ1) is 22.6. The number of fused-ring (bicyclic) bond motifs is 1. The highest BCUT2D eigenvalue weighted by molar-refractivity contribution is 6.06. The van der Waals surface area contributed by atoms with E-state index in [1.165, 1.54) is 6.26 Å². The van der Waals surface area contributed by atoms with Crippen LogP contribution in [0.15, 0.2) is 106 Å². The molecule has 0 saturated carbocycles. The molecular weight excluding hydrogens is 460 g/mol. The second-order valence-electron chi connectivity index (χ2n) is 7.73. The van der Waals surface area contributed by atoms with Crippen LogP contribution >= 0.6 is 0 Å². The number of hydrazine groups is 1. The average Bonchev–Trinajstić information content (AvgIpc) is 3.41. The lowest BCUT2D eigenvalue weighted by atomic mass is 10.1. The smallest absolute Gasteiger partial charge is 0.305 e. The predicted octanol–water partition coefficient (Wildman–Crippen LogP) is 3.63. The van der Waals surface area contributed by atoms with Crippen LogP contribution in [0, 0.1) is 0 Å². The van der Waals surface area contributed by atoms with Gasteiger partial charge in [0.05, 0.1) is 17.3 Å². The van der Waals surface area contributed by atoms with Crippen LogP contribution in [0.4, 0.5) is 0 Å². The van der Waals surface area contributed by atoms with Gasteiger partial charge in [0.15, 0.2) is 11.5 Å². The van der Waals surface area contributed by atoms with Crippen molar-refractivity contribution in [3.63, 3.8) is 0 Å². The Hall–Kier alpha value is -5.18. The molecule has 0 unspecified atom stereocenters. The van der Waals surface area contributed by atoms with Crippen molar-refractivity contribution in [3.8, 4) is 11.4 Å². The molecular formula is C27H20N4O5. The van der Waals surface area contributed by atoms with Gasteiger partial charge in [0.2, 0.25) is 0 Å². The summed E-state index contributed by atoms with van der Waals surface area (Å²) in [6, 6.07) is 26.2. The van der Waals surface area contributed by atoms with Gasteiger partial charge >= 0.3 is 5.91 Å². The van der Waals surface area contributed by atoms with E-state index in [0.29, 0.717) is 27.8 Å². The molecule has 178 valence electrons. The Bertz CT molecular complexity index is 1590. The maximum Gasteiger partial charge on any atom is 0.305 e. The van der Waals surface area contributed by atoms with Gasteiger partial charge in [-0.15, -0.1) is 0 Å². The van der Waals surface area contributed by atoms with Crippen LogP contribution in [0.2, 0.25) is 0 Å². The topological polar surface area (TPSA) is 115 Å². The molecule has 0 fully saturated rings. The van der Waals surface area contributed by atoms with Gasteiger partial charge in [0.25, 0.3) is 11.5 Å². The molecule has 3 aromatic carbocycles. The number of hydrogen-bond donors (Lipinski definition) is 2. The number of nitrogens with one attached hydrogen (secondary N) is 2. The van der Waals surface area contributed by atoms with Crippen LogP contribution in [0.1, 0.15) is 26.6 Å². The molecule has 0 bridgehead atoms.